The molecule has 6 heteroatoms. The lowest BCUT2D eigenvalue weighted by Crippen LogP contribution is -2.32. The molecule has 3 aromatic rings. The molecule has 1 N–H and O–H groups in total. The van der Waals surface area contributed by atoms with Crippen LogP contribution in [-0.2, 0) is 14.3 Å². The van der Waals surface area contributed by atoms with Crippen LogP contribution in [0.3, 0.4) is 0 Å². The van der Waals surface area contributed by atoms with Crippen molar-refractivity contribution in [2.45, 2.75) is 6.04 Å². The number of methoxy groups -OCH3 is 1. The lowest BCUT2D eigenvalue weighted by atomic mass is 9.98. The summed E-state index contributed by atoms with van der Waals surface area (Å²) in [5, 5.41) is 2.88. The van der Waals surface area contributed by atoms with Crippen molar-refractivity contribution in [2.75, 3.05) is 13.7 Å². The second kappa shape index (κ2) is 10.7. The summed E-state index contributed by atoms with van der Waals surface area (Å²) in [4.78, 5) is 24.4. The molecule has 0 bridgehead atoms. The Labute approximate surface area is 180 Å². The van der Waals surface area contributed by atoms with Crippen LogP contribution in [0, 0.1) is 5.82 Å². The van der Waals surface area contributed by atoms with Crippen LogP contribution >= 0.6 is 0 Å². The average molecular weight is 419 g/mol. The van der Waals surface area contributed by atoms with E-state index in [1.54, 1.807) is 19.2 Å². The zero-order valence-corrected chi connectivity index (χ0v) is 17.0. The molecule has 0 aromatic heterocycles. The van der Waals surface area contributed by atoms with Crippen LogP contribution in [0.25, 0.3) is 6.08 Å². The van der Waals surface area contributed by atoms with Crippen LogP contribution in [0.2, 0.25) is 0 Å². The van der Waals surface area contributed by atoms with E-state index in [4.69, 9.17) is 9.47 Å². The van der Waals surface area contributed by atoms with Crippen molar-refractivity contribution in [1.82, 2.24) is 5.32 Å². The number of benzene rings is 3. The first-order valence-corrected chi connectivity index (χ1v) is 9.64. The van der Waals surface area contributed by atoms with E-state index < -0.39 is 30.3 Å². The van der Waals surface area contributed by atoms with Crippen molar-refractivity contribution in [3.8, 4) is 5.75 Å². The zero-order chi connectivity index (χ0) is 22.1. The first-order chi connectivity index (χ1) is 15.1. The van der Waals surface area contributed by atoms with E-state index in [1.807, 2.05) is 54.6 Å². The van der Waals surface area contributed by atoms with Crippen molar-refractivity contribution in [1.29, 1.82) is 0 Å². The summed E-state index contributed by atoms with van der Waals surface area (Å²) in [6.45, 7) is -0.458. The number of hydrogen-bond acceptors (Lipinski definition) is 4. The van der Waals surface area contributed by atoms with Crippen molar-refractivity contribution >= 4 is 18.0 Å². The fourth-order valence-electron chi connectivity index (χ4n) is 2.96. The number of hydrogen-bond donors (Lipinski definition) is 1. The molecular formula is C25H22FNO4. The molecule has 3 rings (SSSR count). The molecule has 31 heavy (non-hydrogen) atoms. The molecule has 3 aromatic carbocycles. The van der Waals surface area contributed by atoms with Crippen molar-refractivity contribution in [2.24, 2.45) is 0 Å². The van der Waals surface area contributed by atoms with E-state index in [-0.39, 0.29) is 5.56 Å². The Balaban J connectivity index is 1.63. The molecule has 0 radical (unpaired) electrons. The van der Waals surface area contributed by atoms with Gasteiger partial charge in [-0.25, -0.2) is 9.18 Å². The molecular weight excluding hydrogens is 397 g/mol. The van der Waals surface area contributed by atoms with Gasteiger partial charge in [-0.3, -0.25) is 4.79 Å². The highest BCUT2D eigenvalue weighted by Gasteiger charge is 2.17. The number of carbonyl (C=O) groups is 2. The van der Waals surface area contributed by atoms with Gasteiger partial charge in [-0.1, -0.05) is 60.7 Å². The molecule has 0 spiro atoms. The van der Waals surface area contributed by atoms with Crippen LogP contribution in [0.15, 0.2) is 84.9 Å². The fraction of sp³-hybridized carbons (Fsp3) is 0.120. The van der Waals surface area contributed by atoms with Gasteiger partial charge in [0.15, 0.2) is 6.61 Å². The number of halogens is 1. The third-order valence-corrected chi connectivity index (χ3v) is 4.54. The number of rotatable bonds is 8. The number of amides is 1. The predicted molar refractivity (Wildman–Crippen MR) is 116 cm³/mol. The average Bonchev–Trinajstić information content (AvgIpc) is 2.81. The molecule has 0 saturated carbocycles. The lowest BCUT2D eigenvalue weighted by Gasteiger charge is -2.20. The maximum absolute atomic E-state index is 13.6. The topological polar surface area (TPSA) is 64.6 Å². The standard InChI is InChI=1S/C25H22FNO4/c1-30-21-14-11-20(12-15-21)25(19-8-3-2-4-9-19)27-23(28)17-31-24(29)16-13-18-7-5-6-10-22(18)26/h2-16,25H,17H2,1H3,(H,27,28)/b16-13+/t25-/m0/s1. The molecule has 0 aliphatic carbocycles. The molecule has 0 aliphatic rings. The SMILES string of the molecule is COc1ccc([C@@H](NC(=O)COC(=O)/C=C/c2ccccc2F)c2ccccc2)cc1. The number of nitrogens with one attached hydrogen (secondary N) is 1. The highest BCUT2D eigenvalue weighted by molar-refractivity contribution is 5.89. The van der Waals surface area contributed by atoms with Crippen molar-refractivity contribution in [3.05, 3.63) is 107 Å². The van der Waals surface area contributed by atoms with Gasteiger partial charge in [-0.2, -0.15) is 0 Å². The van der Waals surface area contributed by atoms with Crippen LogP contribution < -0.4 is 10.1 Å². The minimum atomic E-state index is -0.737. The van der Waals surface area contributed by atoms with E-state index in [9.17, 15) is 14.0 Å². The summed E-state index contributed by atoms with van der Waals surface area (Å²) in [5.74, 6) is -0.941. The van der Waals surface area contributed by atoms with Gasteiger partial charge in [0.1, 0.15) is 11.6 Å². The molecule has 1 amide bonds. The van der Waals surface area contributed by atoms with E-state index in [2.05, 4.69) is 5.32 Å². The quantitative estimate of drug-likeness (QED) is 0.437. The summed E-state index contributed by atoms with van der Waals surface area (Å²) in [5.41, 5.74) is 1.99. The van der Waals surface area contributed by atoms with Gasteiger partial charge in [-0.15, -0.1) is 0 Å². The summed E-state index contributed by atoms with van der Waals surface area (Å²) < 4.78 is 23.8. The van der Waals surface area contributed by atoms with Gasteiger partial charge in [0.05, 0.1) is 13.2 Å². The number of carbonyl (C=O) groups excluding carboxylic acids is 2. The van der Waals surface area contributed by atoms with Gasteiger partial charge in [-0.05, 0) is 35.4 Å². The summed E-state index contributed by atoms with van der Waals surface area (Å²) in [7, 11) is 1.58. The van der Waals surface area contributed by atoms with Crippen LogP contribution in [0.4, 0.5) is 4.39 Å². The Hall–Kier alpha value is -3.93. The molecule has 0 unspecified atom stereocenters. The Morgan fingerprint density at radius 3 is 2.26 bits per heavy atom. The minimum absolute atomic E-state index is 0.257. The Morgan fingerprint density at radius 1 is 0.935 bits per heavy atom. The molecule has 0 saturated heterocycles. The van der Waals surface area contributed by atoms with Gasteiger partial charge < -0.3 is 14.8 Å². The third kappa shape index (κ3) is 6.27. The Bertz CT molecular complexity index is 1050. The molecule has 0 fully saturated rings. The highest BCUT2D eigenvalue weighted by atomic mass is 19.1. The normalized spacial score (nSPS) is 11.7. The predicted octanol–water partition coefficient (Wildman–Crippen LogP) is 4.30. The third-order valence-electron chi connectivity index (χ3n) is 4.54. The molecule has 1 atom stereocenters. The highest BCUT2D eigenvalue weighted by Crippen LogP contribution is 2.24. The molecule has 5 nitrogen and oxygen atoms in total. The Morgan fingerprint density at radius 2 is 1.58 bits per heavy atom. The van der Waals surface area contributed by atoms with E-state index in [0.717, 1.165) is 17.2 Å². The first-order valence-electron chi connectivity index (χ1n) is 9.64. The molecule has 0 aliphatic heterocycles. The minimum Gasteiger partial charge on any atom is -0.497 e. The van der Waals surface area contributed by atoms with Crippen molar-refractivity contribution in [3.63, 3.8) is 0 Å². The number of ether oxygens (including phenoxy) is 2. The van der Waals surface area contributed by atoms with Gasteiger partial charge in [0.2, 0.25) is 0 Å². The van der Waals surface area contributed by atoms with Gasteiger partial charge in [0.25, 0.3) is 5.91 Å². The zero-order valence-electron chi connectivity index (χ0n) is 17.0. The molecule has 0 heterocycles. The number of esters is 1. The van der Waals surface area contributed by atoms with Crippen LogP contribution in [-0.4, -0.2) is 25.6 Å². The summed E-state index contributed by atoms with van der Waals surface area (Å²) >= 11 is 0. The monoisotopic (exact) mass is 419 g/mol. The summed E-state index contributed by atoms with van der Waals surface area (Å²) in [6, 6.07) is 22.4. The largest absolute Gasteiger partial charge is 0.497 e. The second-order valence-corrected chi connectivity index (χ2v) is 6.65. The lowest BCUT2D eigenvalue weighted by molar-refractivity contribution is -0.143. The van der Waals surface area contributed by atoms with E-state index in [0.29, 0.717) is 5.75 Å². The Kier molecular flexibility index (Phi) is 7.54. The second-order valence-electron chi connectivity index (χ2n) is 6.65. The van der Waals surface area contributed by atoms with E-state index >= 15 is 0 Å². The summed E-state index contributed by atoms with van der Waals surface area (Å²) in [6.07, 6.45) is 2.39. The smallest absolute Gasteiger partial charge is 0.331 e. The van der Waals surface area contributed by atoms with Gasteiger partial charge >= 0.3 is 5.97 Å². The van der Waals surface area contributed by atoms with E-state index in [1.165, 1.54) is 18.2 Å². The maximum atomic E-state index is 13.6. The fourth-order valence-corrected chi connectivity index (χ4v) is 2.96. The van der Waals surface area contributed by atoms with Crippen molar-refractivity contribution < 1.29 is 23.5 Å². The van der Waals surface area contributed by atoms with Crippen LogP contribution in [0.1, 0.15) is 22.7 Å². The van der Waals surface area contributed by atoms with Gasteiger partial charge in [0, 0.05) is 11.6 Å². The first kappa shape index (κ1) is 21.8. The van der Waals surface area contributed by atoms with Crippen LogP contribution in [0.5, 0.6) is 5.75 Å². The molecule has 158 valence electrons. The maximum Gasteiger partial charge on any atom is 0.331 e.